The van der Waals surface area contributed by atoms with Gasteiger partial charge in [0, 0.05) is 29.1 Å². The lowest BCUT2D eigenvalue weighted by atomic mass is 9.65. The molecule has 1 saturated heterocycles. The maximum Gasteiger partial charge on any atom is 0.313 e. The SMILES string of the molecule is CCC[C@@]1(C(=O)OC)C[C@@H](C(C)(C)C)CN(Cc2cc3cc(Br)cnc3o2)C1. The molecule has 5 nitrogen and oxygen atoms in total. The van der Waals surface area contributed by atoms with E-state index < -0.39 is 5.41 Å². The molecule has 3 rings (SSSR count). The van der Waals surface area contributed by atoms with E-state index in [9.17, 15) is 4.79 Å². The number of hydrogen-bond donors (Lipinski definition) is 0. The van der Waals surface area contributed by atoms with Crippen LogP contribution in [0, 0.1) is 16.7 Å². The van der Waals surface area contributed by atoms with Gasteiger partial charge < -0.3 is 9.15 Å². The third-order valence-electron chi connectivity index (χ3n) is 5.98. The minimum atomic E-state index is -0.451. The number of ether oxygens (including phenoxy) is 1. The van der Waals surface area contributed by atoms with E-state index in [0.29, 0.717) is 24.7 Å². The van der Waals surface area contributed by atoms with Crippen molar-refractivity contribution >= 4 is 33.0 Å². The van der Waals surface area contributed by atoms with Crippen LogP contribution in [0.15, 0.2) is 27.2 Å². The van der Waals surface area contributed by atoms with Gasteiger partial charge in [0.2, 0.25) is 5.71 Å². The zero-order valence-corrected chi connectivity index (χ0v) is 19.1. The van der Waals surface area contributed by atoms with Crippen molar-refractivity contribution < 1.29 is 13.9 Å². The number of pyridine rings is 1. The number of rotatable bonds is 5. The number of nitrogens with zero attached hydrogens (tertiary/aromatic N) is 2. The molecule has 6 heteroatoms. The van der Waals surface area contributed by atoms with E-state index in [1.54, 1.807) is 6.20 Å². The second kappa shape index (κ2) is 8.15. The first-order valence-corrected chi connectivity index (χ1v) is 10.8. The normalized spacial score (nSPS) is 23.9. The van der Waals surface area contributed by atoms with Gasteiger partial charge in [-0.3, -0.25) is 9.69 Å². The summed E-state index contributed by atoms with van der Waals surface area (Å²) < 4.78 is 12.2. The summed E-state index contributed by atoms with van der Waals surface area (Å²) in [5, 5.41) is 0.988. The van der Waals surface area contributed by atoms with Gasteiger partial charge in [-0.05, 0) is 52.2 Å². The van der Waals surface area contributed by atoms with Crippen LogP contribution in [0.3, 0.4) is 0 Å². The first kappa shape index (κ1) is 21.3. The van der Waals surface area contributed by atoms with Gasteiger partial charge in [0.1, 0.15) is 5.76 Å². The highest BCUT2D eigenvalue weighted by Gasteiger charge is 2.48. The molecule has 0 aromatic carbocycles. The van der Waals surface area contributed by atoms with E-state index in [4.69, 9.17) is 9.15 Å². The minimum Gasteiger partial charge on any atom is -0.469 e. The molecule has 0 unspecified atom stereocenters. The topological polar surface area (TPSA) is 55.6 Å². The number of aromatic nitrogens is 1. The standard InChI is InChI=1S/C22H31BrN2O3/c1-6-7-22(20(26)27-5)10-16(21(2,3)4)12-25(14-22)13-18-9-15-8-17(23)11-24-19(15)28-18/h8-9,11,16H,6-7,10,12-14H2,1-5H3/t16-,22-/m1/s1. The third kappa shape index (κ3) is 4.43. The van der Waals surface area contributed by atoms with Gasteiger partial charge in [0.25, 0.3) is 0 Å². The summed E-state index contributed by atoms with van der Waals surface area (Å²) in [6, 6.07) is 4.06. The van der Waals surface area contributed by atoms with Crippen molar-refractivity contribution in [2.45, 2.75) is 53.5 Å². The molecule has 28 heavy (non-hydrogen) atoms. The molecular formula is C22H31BrN2O3. The number of piperidine rings is 1. The summed E-state index contributed by atoms with van der Waals surface area (Å²) in [5.41, 5.74) is 0.314. The molecule has 3 heterocycles. The number of carbonyl (C=O) groups is 1. The van der Waals surface area contributed by atoms with Crippen LogP contribution in [-0.4, -0.2) is 36.1 Å². The highest BCUT2D eigenvalue weighted by atomic mass is 79.9. The summed E-state index contributed by atoms with van der Waals surface area (Å²) in [5.74, 6) is 1.21. The second-order valence-electron chi connectivity index (χ2n) is 9.22. The number of fused-ring (bicyclic) bond motifs is 1. The van der Waals surface area contributed by atoms with Crippen molar-refractivity contribution in [3.8, 4) is 0 Å². The fourth-order valence-corrected chi connectivity index (χ4v) is 4.84. The quantitative estimate of drug-likeness (QED) is 0.569. The van der Waals surface area contributed by atoms with Gasteiger partial charge >= 0.3 is 5.97 Å². The zero-order valence-electron chi connectivity index (χ0n) is 17.5. The molecule has 2 aromatic rings. The molecule has 0 bridgehead atoms. The van der Waals surface area contributed by atoms with Crippen molar-refractivity contribution in [2.75, 3.05) is 20.2 Å². The number of methoxy groups -OCH3 is 1. The van der Waals surface area contributed by atoms with Crippen molar-refractivity contribution in [3.63, 3.8) is 0 Å². The lowest BCUT2D eigenvalue weighted by Crippen LogP contribution is -2.53. The Hall–Kier alpha value is -1.40. The molecular weight excluding hydrogens is 420 g/mol. The molecule has 0 saturated carbocycles. The molecule has 1 aliphatic rings. The van der Waals surface area contributed by atoms with E-state index in [2.05, 4.69) is 53.5 Å². The molecule has 0 radical (unpaired) electrons. The predicted octanol–water partition coefficient (Wildman–Crippen LogP) is 5.42. The van der Waals surface area contributed by atoms with Crippen LogP contribution in [0.2, 0.25) is 0 Å². The van der Waals surface area contributed by atoms with E-state index in [0.717, 1.165) is 41.4 Å². The monoisotopic (exact) mass is 450 g/mol. The molecule has 154 valence electrons. The zero-order chi connectivity index (χ0) is 20.5. The number of carbonyl (C=O) groups excluding carboxylic acids is 1. The van der Waals surface area contributed by atoms with Crippen molar-refractivity contribution in [2.24, 2.45) is 16.7 Å². The molecule has 1 aliphatic heterocycles. The van der Waals surface area contributed by atoms with Gasteiger partial charge in [0.05, 0.1) is 19.1 Å². The highest BCUT2D eigenvalue weighted by Crippen LogP contribution is 2.45. The molecule has 0 aliphatic carbocycles. The first-order chi connectivity index (χ1) is 13.2. The number of hydrogen-bond acceptors (Lipinski definition) is 5. The van der Waals surface area contributed by atoms with Crippen molar-refractivity contribution in [1.29, 1.82) is 0 Å². The lowest BCUT2D eigenvalue weighted by Gasteiger charge is -2.48. The largest absolute Gasteiger partial charge is 0.469 e. The summed E-state index contributed by atoms with van der Waals surface area (Å²) in [6.07, 6.45) is 4.43. The number of likely N-dealkylation sites (tertiary alicyclic amines) is 1. The highest BCUT2D eigenvalue weighted by molar-refractivity contribution is 9.10. The smallest absolute Gasteiger partial charge is 0.313 e. The van der Waals surface area contributed by atoms with Gasteiger partial charge in [-0.25, -0.2) is 4.98 Å². The Morgan fingerprint density at radius 1 is 1.43 bits per heavy atom. The van der Waals surface area contributed by atoms with E-state index in [1.807, 2.05) is 12.1 Å². The van der Waals surface area contributed by atoms with Crippen LogP contribution < -0.4 is 0 Å². The molecule has 0 amide bonds. The summed E-state index contributed by atoms with van der Waals surface area (Å²) >= 11 is 3.46. The van der Waals surface area contributed by atoms with Crippen molar-refractivity contribution in [3.05, 3.63) is 28.6 Å². The Bertz CT molecular complexity index is 842. The minimum absolute atomic E-state index is 0.0801. The Morgan fingerprint density at radius 3 is 2.82 bits per heavy atom. The second-order valence-corrected chi connectivity index (χ2v) is 10.1. The summed E-state index contributed by atoms with van der Waals surface area (Å²) in [7, 11) is 1.51. The molecule has 0 N–H and O–H groups in total. The van der Waals surface area contributed by atoms with Crippen LogP contribution in [0.4, 0.5) is 0 Å². The maximum absolute atomic E-state index is 12.8. The average molecular weight is 451 g/mol. The van der Waals surface area contributed by atoms with E-state index >= 15 is 0 Å². The molecule has 0 spiro atoms. The summed E-state index contributed by atoms with van der Waals surface area (Å²) in [4.78, 5) is 19.5. The number of esters is 1. The fourth-order valence-electron chi connectivity index (χ4n) is 4.49. The predicted molar refractivity (Wildman–Crippen MR) is 114 cm³/mol. The molecule has 2 atom stereocenters. The lowest BCUT2D eigenvalue weighted by molar-refractivity contribution is -0.160. The van der Waals surface area contributed by atoms with Crippen LogP contribution >= 0.6 is 15.9 Å². The van der Waals surface area contributed by atoms with E-state index in [1.165, 1.54) is 7.11 Å². The number of furan rings is 1. The Labute approximate surface area is 175 Å². The first-order valence-electron chi connectivity index (χ1n) is 10.0. The Kier molecular flexibility index (Phi) is 6.20. The Morgan fingerprint density at radius 2 is 2.18 bits per heavy atom. The van der Waals surface area contributed by atoms with Crippen LogP contribution in [0.1, 0.15) is 52.7 Å². The molecule has 1 fully saturated rings. The molecule has 2 aromatic heterocycles. The van der Waals surface area contributed by atoms with Crippen LogP contribution in [0.5, 0.6) is 0 Å². The third-order valence-corrected chi connectivity index (χ3v) is 6.42. The van der Waals surface area contributed by atoms with Gasteiger partial charge in [-0.2, -0.15) is 0 Å². The van der Waals surface area contributed by atoms with Gasteiger partial charge in [-0.15, -0.1) is 0 Å². The fraction of sp³-hybridized carbons (Fsp3) is 0.636. The maximum atomic E-state index is 12.8. The van der Waals surface area contributed by atoms with Gasteiger partial charge in [0.15, 0.2) is 0 Å². The summed E-state index contributed by atoms with van der Waals surface area (Å²) in [6.45, 7) is 11.2. The van der Waals surface area contributed by atoms with E-state index in [-0.39, 0.29) is 11.4 Å². The van der Waals surface area contributed by atoms with Crippen LogP contribution in [0.25, 0.3) is 11.1 Å². The average Bonchev–Trinajstić information content (AvgIpc) is 3.01. The van der Waals surface area contributed by atoms with Crippen molar-refractivity contribution in [1.82, 2.24) is 9.88 Å². The Balaban J connectivity index is 1.90. The van der Waals surface area contributed by atoms with Crippen LogP contribution in [-0.2, 0) is 16.1 Å². The van der Waals surface area contributed by atoms with Gasteiger partial charge in [-0.1, -0.05) is 34.1 Å². The number of halogens is 1.